The Balaban J connectivity index is 0.00000208. The molecule has 24 heavy (non-hydrogen) atoms. The summed E-state index contributed by atoms with van der Waals surface area (Å²) in [5.41, 5.74) is 1.50. The molecule has 5 nitrogen and oxygen atoms in total. The zero-order valence-corrected chi connectivity index (χ0v) is 15.1. The first kappa shape index (κ1) is 18.8. The van der Waals surface area contributed by atoms with Crippen LogP contribution in [0.2, 0.25) is 5.02 Å². The zero-order valence-electron chi connectivity index (χ0n) is 13.5. The van der Waals surface area contributed by atoms with Crippen molar-refractivity contribution in [1.29, 1.82) is 0 Å². The number of aromatic nitrogens is 1. The van der Waals surface area contributed by atoms with Gasteiger partial charge in [0.1, 0.15) is 6.26 Å². The normalized spacial score (nSPS) is 14.9. The van der Waals surface area contributed by atoms with E-state index >= 15 is 0 Å². The van der Waals surface area contributed by atoms with Crippen LogP contribution >= 0.6 is 24.0 Å². The number of amides is 1. The van der Waals surface area contributed by atoms with E-state index < -0.39 is 0 Å². The first-order valence-electron chi connectivity index (χ1n) is 7.80. The van der Waals surface area contributed by atoms with E-state index in [0.29, 0.717) is 22.6 Å². The Morgan fingerprint density at radius 3 is 2.67 bits per heavy atom. The van der Waals surface area contributed by atoms with Gasteiger partial charge in [0.05, 0.1) is 12.1 Å². The summed E-state index contributed by atoms with van der Waals surface area (Å²) in [5.74, 6) is 0.585. The Morgan fingerprint density at radius 1 is 1.33 bits per heavy atom. The molecule has 0 saturated carbocycles. The minimum Gasteiger partial charge on any atom is -0.444 e. The SMILES string of the molecule is CN(C(=O)Cc1coc(-c2ccc(Cl)cc2)n1)C1CCNCC1.Cl. The van der Waals surface area contributed by atoms with Crippen molar-refractivity contribution in [3.8, 4) is 11.5 Å². The third kappa shape index (κ3) is 4.50. The smallest absolute Gasteiger partial charge is 0.228 e. The van der Waals surface area contributed by atoms with E-state index in [0.717, 1.165) is 31.5 Å². The Kier molecular flexibility index (Phi) is 6.66. The summed E-state index contributed by atoms with van der Waals surface area (Å²) in [4.78, 5) is 18.7. The van der Waals surface area contributed by atoms with Crippen LogP contribution in [-0.4, -0.2) is 42.0 Å². The summed E-state index contributed by atoms with van der Waals surface area (Å²) in [6, 6.07) is 7.58. The standard InChI is InChI=1S/C17H20ClN3O2.ClH/c1-21(15-6-8-19-9-7-15)16(22)10-14-11-23-17(20-14)12-2-4-13(18)5-3-12;/h2-5,11,15,19H,6-10H2,1H3;1H. The van der Waals surface area contributed by atoms with Crippen LogP contribution in [0.3, 0.4) is 0 Å². The maximum atomic E-state index is 12.4. The first-order valence-corrected chi connectivity index (χ1v) is 8.18. The van der Waals surface area contributed by atoms with Crippen LogP contribution in [-0.2, 0) is 11.2 Å². The lowest BCUT2D eigenvalue weighted by atomic mass is 10.0. The van der Waals surface area contributed by atoms with Gasteiger partial charge >= 0.3 is 0 Å². The Labute approximate surface area is 152 Å². The largest absolute Gasteiger partial charge is 0.444 e. The molecule has 2 aromatic rings. The predicted molar refractivity (Wildman–Crippen MR) is 96.6 cm³/mol. The van der Waals surface area contributed by atoms with Crippen LogP contribution in [0.5, 0.6) is 0 Å². The molecule has 1 amide bonds. The van der Waals surface area contributed by atoms with Gasteiger partial charge in [0.15, 0.2) is 0 Å². The molecule has 7 heteroatoms. The molecule has 0 bridgehead atoms. The number of hydrogen-bond acceptors (Lipinski definition) is 4. The van der Waals surface area contributed by atoms with Gasteiger partial charge in [-0.2, -0.15) is 0 Å². The van der Waals surface area contributed by atoms with Crippen LogP contribution in [0, 0.1) is 0 Å². The molecule has 1 aliphatic rings. The fourth-order valence-corrected chi connectivity index (χ4v) is 2.92. The number of halogens is 2. The van der Waals surface area contributed by atoms with E-state index in [1.54, 1.807) is 18.4 Å². The molecule has 1 aliphatic heterocycles. The lowest BCUT2D eigenvalue weighted by molar-refractivity contribution is -0.131. The highest BCUT2D eigenvalue weighted by molar-refractivity contribution is 6.30. The van der Waals surface area contributed by atoms with Crippen molar-refractivity contribution in [3.05, 3.63) is 41.2 Å². The van der Waals surface area contributed by atoms with Gasteiger partial charge in [0, 0.05) is 23.7 Å². The highest BCUT2D eigenvalue weighted by Crippen LogP contribution is 2.21. The number of carbonyl (C=O) groups is 1. The van der Waals surface area contributed by atoms with Crippen molar-refractivity contribution in [3.63, 3.8) is 0 Å². The molecular formula is C17H21Cl2N3O2. The molecule has 0 aliphatic carbocycles. The molecule has 2 heterocycles. The number of likely N-dealkylation sites (N-methyl/N-ethyl adjacent to an activating group) is 1. The molecule has 1 saturated heterocycles. The van der Waals surface area contributed by atoms with Gasteiger partial charge in [-0.1, -0.05) is 11.6 Å². The highest BCUT2D eigenvalue weighted by Gasteiger charge is 2.22. The van der Waals surface area contributed by atoms with Crippen LogP contribution in [0.1, 0.15) is 18.5 Å². The monoisotopic (exact) mass is 369 g/mol. The minimum absolute atomic E-state index is 0. The summed E-state index contributed by atoms with van der Waals surface area (Å²) in [5, 5.41) is 3.97. The molecule has 130 valence electrons. The van der Waals surface area contributed by atoms with Crippen molar-refractivity contribution < 1.29 is 9.21 Å². The van der Waals surface area contributed by atoms with Crippen LogP contribution < -0.4 is 5.32 Å². The molecule has 1 aromatic carbocycles. The topological polar surface area (TPSA) is 58.4 Å². The second-order valence-corrected chi connectivity index (χ2v) is 6.25. The number of benzene rings is 1. The van der Waals surface area contributed by atoms with Gasteiger partial charge in [0.25, 0.3) is 0 Å². The van der Waals surface area contributed by atoms with Gasteiger partial charge in [0.2, 0.25) is 11.8 Å². The summed E-state index contributed by atoms with van der Waals surface area (Å²) in [6.45, 7) is 1.93. The summed E-state index contributed by atoms with van der Waals surface area (Å²) >= 11 is 5.88. The van der Waals surface area contributed by atoms with Gasteiger partial charge < -0.3 is 14.6 Å². The van der Waals surface area contributed by atoms with E-state index in [-0.39, 0.29) is 24.7 Å². The number of nitrogens with zero attached hydrogens (tertiary/aromatic N) is 2. The minimum atomic E-state index is 0. The average molecular weight is 370 g/mol. The Bertz CT molecular complexity index is 667. The lowest BCUT2D eigenvalue weighted by Gasteiger charge is -2.31. The number of rotatable bonds is 4. The summed E-state index contributed by atoms with van der Waals surface area (Å²) in [7, 11) is 1.87. The fourth-order valence-electron chi connectivity index (χ4n) is 2.79. The van der Waals surface area contributed by atoms with Crippen LogP contribution in [0.4, 0.5) is 0 Å². The molecule has 0 atom stereocenters. The molecule has 3 rings (SSSR count). The number of piperidine rings is 1. The zero-order chi connectivity index (χ0) is 16.2. The number of carbonyl (C=O) groups excluding carboxylic acids is 1. The van der Waals surface area contributed by atoms with Crippen molar-refractivity contribution >= 4 is 29.9 Å². The molecule has 0 radical (unpaired) electrons. The highest BCUT2D eigenvalue weighted by atomic mass is 35.5. The van der Waals surface area contributed by atoms with Crippen molar-refractivity contribution in [2.75, 3.05) is 20.1 Å². The molecule has 1 aromatic heterocycles. The van der Waals surface area contributed by atoms with Gasteiger partial charge in [-0.05, 0) is 50.2 Å². The fraction of sp³-hybridized carbons (Fsp3) is 0.412. The van der Waals surface area contributed by atoms with Crippen molar-refractivity contribution in [2.45, 2.75) is 25.3 Å². The Hall–Kier alpha value is -1.56. The van der Waals surface area contributed by atoms with Gasteiger partial charge in [-0.15, -0.1) is 12.4 Å². The summed E-state index contributed by atoms with van der Waals surface area (Å²) < 4.78 is 5.48. The molecule has 1 N–H and O–H groups in total. The number of nitrogens with one attached hydrogen (secondary N) is 1. The average Bonchev–Trinajstić information content (AvgIpc) is 3.04. The molecule has 1 fully saturated rings. The lowest BCUT2D eigenvalue weighted by Crippen LogP contribution is -2.44. The van der Waals surface area contributed by atoms with Crippen LogP contribution in [0.15, 0.2) is 34.9 Å². The maximum absolute atomic E-state index is 12.4. The van der Waals surface area contributed by atoms with Crippen molar-refractivity contribution in [2.24, 2.45) is 0 Å². The molecule has 0 unspecified atom stereocenters. The van der Waals surface area contributed by atoms with E-state index in [4.69, 9.17) is 16.0 Å². The molecular weight excluding hydrogens is 349 g/mol. The number of hydrogen-bond donors (Lipinski definition) is 1. The van der Waals surface area contributed by atoms with E-state index in [1.165, 1.54) is 0 Å². The van der Waals surface area contributed by atoms with Crippen LogP contribution in [0.25, 0.3) is 11.5 Å². The quantitative estimate of drug-likeness (QED) is 0.898. The third-order valence-electron chi connectivity index (χ3n) is 4.23. The van der Waals surface area contributed by atoms with E-state index in [1.807, 2.05) is 24.1 Å². The molecule has 0 spiro atoms. The third-order valence-corrected chi connectivity index (χ3v) is 4.48. The van der Waals surface area contributed by atoms with E-state index in [9.17, 15) is 4.79 Å². The number of oxazole rings is 1. The van der Waals surface area contributed by atoms with Crippen molar-refractivity contribution in [1.82, 2.24) is 15.2 Å². The first-order chi connectivity index (χ1) is 11.1. The second kappa shape index (κ2) is 8.51. The maximum Gasteiger partial charge on any atom is 0.228 e. The summed E-state index contributed by atoms with van der Waals surface area (Å²) in [6.07, 6.45) is 3.81. The Morgan fingerprint density at radius 2 is 2.00 bits per heavy atom. The second-order valence-electron chi connectivity index (χ2n) is 5.81. The predicted octanol–water partition coefficient (Wildman–Crippen LogP) is 3.17. The van der Waals surface area contributed by atoms with E-state index in [2.05, 4.69) is 10.3 Å². The van der Waals surface area contributed by atoms with Gasteiger partial charge in [-0.25, -0.2) is 4.98 Å². The van der Waals surface area contributed by atoms with Gasteiger partial charge in [-0.3, -0.25) is 4.79 Å².